The van der Waals surface area contributed by atoms with Gasteiger partial charge >= 0.3 is 5.97 Å². The predicted octanol–water partition coefficient (Wildman–Crippen LogP) is 2.66. The summed E-state index contributed by atoms with van der Waals surface area (Å²) in [4.78, 5) is 13.6. The molecule has 0 saturated carbocycles. The first-order valence-electron chi connectivity index (χ1n) is 7.70. The van der Waals surface area contributed by atoms with Crippen molar-refractivity contribution in [3.8, 4) is 0 Å². The van der Waals surface area contributed by atoms with Crippen LogP contribution < -0.4 is 0 Å². The molecule has 0 bridgehead atoms. The third-order valence-corrected chi connectivity index (χ3v) is 4.32. The molecular formula is C17H25NO3. The summed E-state index contributed by atoms with van der Waals surface area (Å²) < 4.78 is 5.40. The number of morpholine rings is 1. The molecule has 4 heteroatoms. The Morgan fingerprint density at radius 2 is 1.90 bits per heavy atom. The molecule has 21 heavy (non-hydrogen) atoms. The molecule has 1 aliphatic rings. The van der Waals surface area contributed by atoms with Crippen LogP contribution in [0.15, 0.2) is 24.3 Å². The molecule has 1 aromatic rings. The number of carboxylic acids is 1. The molecule has 1 heterocycles. The third kappa shape index (κ3) is 3.83. The summed E-state index contributed by atoms with van der Waals surface area (Å²) >= 11 is 0. The van der Waals surface area contributed by atoms with E-state index in [1.165, 1.54) is 5.56 Å². The van der Waals surface area contributed by atoms with Gasteiger partial charge in [-0.2, -0.15) is 0 Å². The zero-order chi connectivity index (χ0) is 15.3. The molecule has 1 unspecified atom stereocenters. The Morgan fingerprint density at radius 1 is 1.29 bits per heavy atom. The van der Waals surface area contributed by atoms with Crippen molar-refractivity contribution in [1.29, 1.82) is 0 Å². The highest BCUT2D eigenvalue weighted by atomic mass is 16.5. The van der Waals surface area contributed by atoms with Gasteiger partial charge in [0.05, 0.1) is 25.2 Å². The van der Waals surface area contributed by atoms with Gasteiger partial charge in [-0.05, 0) is 24.5 Å². The van der Waals surface area contributed by atoms with Gasteiger partial charge < -0.3 is 9.84 Å². The maximum atomic E-state index is 11.3. The summed E-state index contributed by atoms with van der Waals surface area (Å²) in [6, 6.07) is 8.42. The maximum Gasteiger partial charge on any atom is 0.305 e. The van der Waals surface area contributed by atoms with Crippen LogP contribution >= 0.6 is 0 Å². The van der Waals surface area contributed by atoms with E-state index in [2.05, 4.69) is 36.1 Å². The number of ether oxygens (including phenoxy) is 1. The molecule has 0 aromatic heterocycles. The van der Waals surface area contributed by atoms with Crippen molar-refractivity contribution in [1.82, 2.24) is 4.90 Å². The summed E-state index contributed by atoms with van der Waals surface area (Å²) in [7, 11) is 0. The Morgan fingerprint density at radius 3 is 2.43 bits per heavy atom. The summed E-state index contributed by atoms with van der Waals surface area (Å²) in [6.07, 6.45) is 2.29. The standard InChI is InChI=1S/C17H25NO3/c1-3-4-14-5-7-15(8-6-14)17(2,13-16(19)20)18-9-11-21-12-10-18/h5-8H,3-4,9-13H2,1-2H3,(H,19,20). The monoisotopic (exact) mass is 291 g/mol. The van der Waals surface area contributed by atoms with E-state index in [4.69, 9.17) is 4.74 Å². The Hall–Kier alpha value is -1.39. The lowest BCUT2D eigenvalue weighted by atomic mass is 9.85. The molecular weight excluding hydrogens is 266 g/mol. The zero-order valence-electron chi connectivity index (χ0n) is 13.0. The molecule has 0 amide bonds. The SMILES string of the molecule is CCCc1ccc(C(C)(CC(=O)O)N2CCOCC2)cc1. The second-order valence-corrected chi connectivity index (χ2v) is 5.89. The smallest absolute Gasteiger partial charge is 0.305 e. The molecule has 4 nitrogen and oxygen atoms in total. The quantitative estimate of drug-likeness (QED) is 0.875. The maximum absolute atomic E-state index is 11.3. The molecule has 1 saturated heterocycles. The second kappa shape index (κ2) is 7.05. The second-order valence-electron chi connectivity index (χ2n) is 5.89. The van der Waals surface area contributed by atoms with Gasteiger partial charge in [0.25, 0.3) is 0 Å². The minimum absolute atomic E-state index is 0.111. The average Bonchev–Trinajstić information content (AvgIpc) is 2.48. The number of hydrogen-bond donors (Lipinski definition) is 1. The van der Waals surface area contributed by atoms with Crippen molar-refractivity contribution < 1.29 is 14.6 Å². The van der Waals surface area contributed by atoms with Crippen molar-refractivity contribution in [2.24, 2.45) is 0 Å². The average molecular weight is 291 g/mol. The number of aliphatic carboxylic acids is 1. The van der Waals surface area contributed by atoms with Crippen LogP contribution in [0.5, 0.6) is 0 Å². The number of aryl methyl sites for hydroxylation is 1. The Balaban J connectivity index is 2.27. The van der Waals surface area contributed by atoms with Crippen LogP contribution in [0, 0.1) is 0 Å². The number of carbonyl (C=O) groups is 1. The molecule has 2 rings (SSSR count). The van der Waals surface area contributed by atoms with Crippen LogP contribution in [0.2, 0.25) is 0 Å². The minimum atomic E-state index is -0.762. The molecule has 1 N–H and O–H groups in total. The molecule has 1 aromatic carbocycles. The van der Waals surface area contributed by atoms with Crippen LogP contribution in [-0.2, 0) is 21.5 Å². The fourth-order valence-electron chi connectivity index (χ4n) is 3.07. The topological polar surface area (TPSA) is 49.8 Å². The fraction of sp³-hybridized carbons (Fsp3) is 0.588. The molecule has 116 valence electrons. The van der Waals surface area contributed by atoms with E-state index < -0.39 is 11.5 Å². The molecule has 0 spiro atoms. The van der Waals surface area contributed by atoms with Crippen molar-refractivity contribution >= 4 is 5.97 Å². The number of rotatable bonds is 6. The van der Waals surface area contributed by atoms with Crippen molar-refractivity contribution in [2.75, 3.05) is 26.3 Å². The summed E-state index contributed by atoms with van der Waals surface area (Å²) in [5, 5.41) is 9.32. The van der Waals surface area contributed by atoms with E-state index in [-0.39, 0.29) is 6.42 Å². The van der Waals surface area contributed by atoms with E-state index in [1.807, 2.05) is 6.92 Å². The van der Waals surface area contributed by atoms with E-state index in [1.54, 1.807) is 0 Å². The van der Waals surface area contributed by atoms with Crippen molar-refractivity contribution in [3.05, 3.63) is 35.4 Å². The molecule has 1 atom stereocenters. The molecule has 1 fully saturated rings. The van der Waals surface area contributed by atoms with Gasteiger partial charge in [-0.15, -0.1) is 0 Å². The Labute approximate surface area is 126 Å². The number of benzene rings is 1. The summed E-state index contributed by atoms with van der Waals surface area (Å²) in [5.74, 6) is -0.762. The predicted molar refractivity (Wildman–Crippen MR) is 82.4 cm³/mol. The number of carboxylic acid groups (broad SMARTS) is 1. The van der Waals surface area contributed by atoms with Gasteiger partial charge in [0.15, 0.2) is 0 Å². The first kappa shape index (κ1) is 16.0. The number of nitrogens with zero attached hydrogens (tertiary/aromatic N) is 1. The summed E-state index contributed by atoms with van der Waals surface area (Å²) in [6.45, 7) is 7.09. The van der Waals surface area contributed by atoms with Gasteiger partial charge in [0.2, 0.25) is 0 Å². The van der Waals surface area contributed by atoms with Crippen LogP contribution in [0.1, 0.15) is 37.8 Å². The zero-order valence-corrected chi connectivity index (χ0v) is 13.0. The van der Waals surface area contributed by atoms with Gasteiger partial charge in [-0.25, -0.2) is 0 Å². The normalized spacial score (nSPS) is 19.1. The fourth-order valence-corrected chi connectivity index (χ4v) is 3.07. The minimum Gasteiger partial charge on any atom is -0.481 e. The van der Waals surface area contributed by atoms with Crippen LogP contribution in [0.4, 0.5) is 0 Å². The van der Waals surface area contributed by atoms with E-state index in [0.29, 0.717) is 13.2 Å². The lowest BCUT2D eigenvalue weighted by Crippen LogP contribution is -2.50. The van der Waals surface area contributed by atoms with Gasteiger partial charge in [-0.3, -0.25) is 9.69 Å². The molecule has 0 aliphatic carbocycles. The van der Waals surface area contributed by atoms with Crippen LogP contribution in [0.25, 0.3) is 0 Å². The van der Waals surface area contributed by atoms with E-state index >= 15 is 0 Å². The molecule has 1 aliphatic heterocycles. The first-order chi connectivity index (χ1) is 10.1. The lowest BCUT2D eigenvalue weighted by Gasteiger charge is -2.43. The number of hydrogen-bond acceptors (Lipinski definition) is 3. The van der Waals surface area contributed by atoms with Crippen LogP contribution in [-0.4, -0.2) is 42.3 Å². The van der Waals surface area contributed by atoms with Gasteiger partial charge in [0.1, 0.15) is 0 Å². The molecule has 0 radical (unpaired) electrons. The van der Waals surface area contributed by atoms with Crippen molar-refractivity contribution in [2.45, 2.75) is 38.6 Å². The van der Waals surface area contributed by atoms with Crippen LogP contribution in [0.3, 0.4) is 0 Å². The highest BCUT2D eigenvalue weighted by Gasteiger charge is 2.36. The third-order valence-electron chi connectivity index (χ3n) is 4.32. The largest absolute Gasteiger partial charge is 0.481 e. The van der Waals surface area contributed by atoms with E-state index in [0.717, 1.165) is 31.5 Å². The van der Waals surface area contributed by atoms with Crippen molar-refractivity contribution in [3.63, 3.8) is 0 Å². The van der Waals surface area contributed by atoms with Gasteiger partial charge in [-0.1, -0.05) is 37.6 Å². The lowest BCUT2D eigenvalue weighted by molar-refractivity contribution is -0.141. The summed E-state index contributed by atoms with van der Waals surface area (Å²) in [5.41, 5.74) is 1.91. The Kier molecular flexibility index (Phi) is 5.37. The van der Waals surface area contributed by atoms with E-state index in [9.17, 15) is 9.90 Å². The Bertz CT molecular complexity index is 465. The first-order valence-corrected chi connectivity index (χ1v) is 7.70. The van der Waals surface area contributed by atoms with Gasteiger partial charge in [0, 0.05) is 13.1 Å². The highest BCUT2D eigenvalue weighted by Crippen LogP contribution is 2.33. The highest BCUT2D eigenvalue weighted by molar-refractivity contribution is 5.69.